The van der Waals surface area contributed by atoms with Crippen LogP contribution in [0.1, 0.15) is 25.8 Å². The van der Waals surface area contributed by atoms with Crippen LogP contribution in [0.2, 0.25) is 0 Å². The standard InChI is InChI=1S/C13H18O2/c1-11-8-9-14-13(2,15-11)10-12-6-4-3-5-7-12/h3-7,11H,8-10H2,1-2H3/t11-,13+/m0/s1. The SMILES string of the molecule is C[C@H]1CCO[C@@](C)(Cc2ccccc2)O1. The molecular formula is C13H18O2. The van der Waals surface area contributed by atoms with Crippen LogP contribution in [0.5, 0.6) is 0 Å². The van der Waals surface area contributed by atoms with Gasteiger partial charge in [0, 0.05) is 6.42 Å². The molecule has 2 nitrogen and oxygen atoms in total. The second-order valence-corrected chi connectivity index (χ2v) is 4.36. The highest BCUT2D eigenvalue weighted by molar-refractivity contribution is 5.16. The van der Waals surface area contributed by atoms with Crippen LogP contribution in [0, 0.1) is 0 Å². The van der Waals surface area contributed by atoms with Crippen molar-refractivity contribution in [3.63, 3.8) is 0 Å². The topological polar surface area (TPSA) is 18.5 Å². The van der Waals surface area contributed by atoms with Crippen molar-refractivity contribution >= 4 is 0 Å². The van der Waals surface area contributed by atoms with E-state index in [1.54, 1.807) is 0 Å². The molecule has 1 aromatic rings. The highest BCUT2D eigenvalue weighted by atomic mass is 16.7. The summed E-state index contributed by atoms with van der Waals surface area (Å²) in [6, 6.07) is 10.3. The lowest BCUT2D eigenvalue weighted by atomic mass is 10.0. The molecule has 2 rings (SSSR count). The van der Waals surface area contributed by atoms with Crippen LogP contribution in [0.25, 0.3) is 0 Å². The first-order valence-corrected chi connectivity index (χ1v) is 5.54. The lowest BCUT2D eigenvalue weighted by molar-refractivity contribution is -0.278. The van der Waals surface area contributed by atoms with Crippen molar-refractivity contribution in [1.29, 1.82) is 0 Å². The van der Waals surface area contributed by atoms with Gasteiger partial charge in [-0.25, -0.2) is 0 Å². The smallest absolute Gasteiger partial charge is 0.169 e. The van der Waals surface area contributed by atoms with Gasteiger partial charge in [-0.05, 0) is 25.8 Å². The van der Waals surface area contributed by atoms with Gasteiger partial charge >= 0.3 is 0 Å². The minimum Gasteiger partial charge on any atom is -0.350 e. The lowest BCUT2D eigenvalue weighted by Crippen LogP contribution is -2.42. The Morgan fingerprint density at radius 3 is 2.73 bits per heavy atom. The average molecular weight is 206 g/mol. The fraction of sp³-hybridized carbons (Fsp3) is 0.538. The Morgan fingerprint density at radius 1 is 1.33 bits per heavy atom. The van der Waals surface area contributed by atoms with Crippen LogP contribution in [0.3, 0.4) is 0 Å². The van der Waals surface area contributed by atoms with E-state index in [1.807, 2.05) is 25.1 Å². The Balaban J connectivity index is 2.04. The van der Waals surface area contributed by atoms with Gasteiger partial charge in [-0.1, -0.05) is 30.3 Å². The van der Waals surface area contributed by atoms with E-state index >= 15 is 0 Å². The van der Waals surface area contributed by atoms with Crippen molar-refractivity contribution in [2.45, 2.75) is 38.6 Å². The quantitative estimate of drug-likeness (QED) is 0.740. The lowest BCUT2D eigenvalue weighted by Gasteiger charge is -2.37. The average Bonchev–Trinajstić information content (AvgIpc) is 2.18. The molecule has 1 fully saturated rings. The molecule has 1 aliphatic rings. The number of hydrogen-bond donors (Lipinski definition) is 0. The van der Waals surface area contributed by atoms with Crippen molar-refractivity contribution in [3.8, 4) is 0 Å². The fourth-order valence-corrected chi connectivity index (χ4v) is 2.02. The molecule has 0 aliphatic carbocycles. The molecule has 2 atom stereocenters. The van der Waals surface area contributed by atoms with Gasteiger partial charge in [0.25, 0.3) is 0 Å². The molecule has 0 N–H and O–H groups in total. The zero-order valence-corrected chi connectivity index (χ0v) is 9.40. The molecule has 82 valence electrons. The van der Waals surface area contributed by atoms with E-state index in [0.29, 0.717) is 6.10 Å². The third-order valence-corrected chi connectivity index (χ3v) is 2.75. The zero-order chi connectivity index (χ0) is 10.7. The Bertz CT molecular complexity index is 310. The van der Waals surface area contributed by atoms with E-state index in [0.717, 1.165) is 19.4 Å². The van der Waals surface area contributed by atoms with Crippen molar-refractivity contribution in [2.75, 3.05) is 6.61 Å². The minimum absolute atomic E-state index is 0.299. The molecule has 1 saturated heterocycles. The zero-order valence-electron chi connectivity index (χ0n) is 9.40. The predicted molar refractivity (Wildman–Crippen MR) is 59.7 cm³/mol. The maximum absolute atomic E-state index is 5.86. The van der Waals surface area contributed by atoms with E-state index in [1.165, 1.54) is 5.56 Å². The summed E-state index contributed by atoms with van der Waals surface area (Å²) >= 11 is 0. The number of rotatable bonds is 2. The summed E-state index contributed by atoms with van der Waals surface area (Å²) in [4.78, 5) is 0. The summed E-state index contributed by atoms with van der Waals surface area (Å²) in [5, 5.41) is 0. The molecule has 15 heavy (non-hydrogen) atoms. The number of benzene rings is 1. The van der Waals surface area contributed by atoms with Crippen LogP contribution >= 0.6 is 0 Å². The first-order valence-electron chi connectivity index (χ1n) is 5.54. The molecule has 0 aromatic heterocycles. The third-order valence-electron chi connectivity index (χ3n) is 2.75. The molecule has 1 aromatic carbocycles. The van der Waals surface area contributed by atoms with E-state index in [9.17, 15) is 0 Å². The van der Waals surface area contributed by atoms with Crippen molar-refractivity contribution < 1.29 is 9.47 Å². The van der Waals surface area contributed by atoms with Gasteiger partial charge in [-0.3, -0.25) is 0 Å². The summed E-state index contributed by atoms with van der Waals surface area (Å²) in [5.41, 5.74) is 1.26. The molecule has 1 heterocycles. The summed E-state index contributed by atoms with van der Waals surface area (Å²) in [6.07, 6.45) is 2.11. The second-order valence-electron chi connectivity index (χ2n) is 4.36. The van der Waals surface area contributed by atoms with E-state index in [2.05, 4.69) is 19.1 Å². The van der Waals surface area contributed by atoms with E-state index in [-0.39, 0.29) is 0 Å². The van der Waals surface area contributed by atoms with Gasteiger partial charge in [-0.15, -0.1) is 0 Å². The maximum atomic E-state index is 5.86. The van der Waals surface area contributed by atoms with Crippen molar-refractivity contribution in [1.82, 2.24) is 0 Å². The molecule has 0 unspecified atom stereocenters. The first kappa shape index (κ1) is 10.7. The Labute approximate surface area is 91.2 Å². The summed E-state index contributed by atoms with van der Waals surface area (Å²) < 4.78 is 11.6. The predicted octanol–water partition coefficient (Wildman–Crippen LogP) is 2.77. The summed E-state index contributed by atoms with van der Waals surface area (Å²) in [5.74, 6) is -0.445. The first-order chi connectivity index (χ1) is 7.18. The monoisotopic (exact) mass is 206 g/mol. The van der Waals surface area contributed by atoms with E-state index < -0.39 is 5.79 Å². The van der Waals surface area contributed by atoms with Crippen LogP contribution in [0.4, 0.5) is 0 Å². The van der Waals surface area contributed by atoms with Crippen LogP contribution in [-0.2, 0) is 15.9 Å². The van der Waals surface area contributed by atoms with Gasteiger partial charge in [0.1, 0.15) is 0 Å². The summed E-state index contributed by atoms with van der Waals surface area (Å²) in [7, 11) is 0. The highest BCUT2D eigenvalue weighted by Crippen LogP contribution is 2.26. The van der Waals surface area contributed by atoms with Gasteiger partial charge in [0.15, 0.2) is 5.79 Å². The number of hydrogen-bond acceptors (Lipinski definition) is 2. The molecule has 1 aliphatic heterocycles. The molecule has 0 spiro atoms. The summed E-state index contributed by atoms with van der Waals surface area (Å²) in [6.45, 7) is 4.92. The molecule has 0 saturated carbocycles. The van der Waals surface area contributed by atoms with Gasteiger partial charge < -0.3 is 9.47 Å². The van der Waals surface area contributed by atoms with Gasteiger partial charge in [0.2, 0.25) is 0 Å². The van der Waals surface area contributed by atoms with Crippen LogP contribution in [0.15, 0.2) is 30.3 Å². The fourth-order valence-electron chi connectivity index (χ4n) is 2.02. The molecule has 2 heteroatoms. The largest absolute Gasteiger partial charge is 0.350 e. The van der Waals surface area contributed by atoms with Crippen LogP contribution < -0.4 is 0 Å². The molecule has 0 bridgehead atoms. The van der Waals surface area contributed by atoms with Crippen LogP contribution in [-0.4, -0.2) is 18.5 Å². The second kappa shape index (κ2) is 4.33. The Morgan fingerprint density at radius 2 is 2.07 bits per heavy atom. The minimum atomic E-state index is -0.445. The Hall–Kier alpha value is -0.860. The molecule has 0 radical (unpaired) electrons. The Kier molecular flexibility index (Phi) is 3.08. The van der Waals surface area contributed by atoms with Gasteiger partial charge in [0.05, 0.1) is 12.7 Å². The van der Waals surface area contributed by atoms with Gasteiger partial charge in [-0.2, -0.15) is 0 Å². The van der Waals surface area contributed by atoms with E-state index in [4.69, 9.17) is 9.47 Å². The van der Waals surface area contributed by atoms with Crippen molar-refractivity contribution in [2.24, 2.45) is 0 Å². The third kappa shape index (κ3) is 2.80. The molecular weight excluding hydrogens is 188 g/mol. The van der Waals surface area contributed by atoms with Crippen molar-refractivity contribution in [3.05, 3.63) is 35.9 Å². The normalized spacial score (nSPS) is 31.5. The molecule has 0 amide bonds. The number of ether oxygens (including phenoxy) is 2. The highest BCUT2D eigenvalue weighted by Gasteiger charge is 2.32. The maximum Gasteiger partial charge on any atom is 0.169 e.